The minimum absolute atomic E-state index is 0.765. The molecule has 0 unspecified atom stereocenters. The molecular formula is C12H12N2S. The number of para-hydroxylation sites is 2. The Hall–Kier alpha value is -1.61. The van der Waals surface area contributed by atoms with Gasteiger partial charge in [-0.3, -0.25) is 0 Å². The molecule has 0 aliphatic heterocycles. The van der Waals surface area contributed by atoms with Crippen LogP contribution in [0.4, 0.5) is 11.4 Å². The van der Waals surface area contributed by atoms with E-state index in [9.17, 15) is 0 Å². The van der Waals surface area contributed by atoms with Gasteiger partial charge in [-0.2, -0.15) is 0 Å². The van der Waals surface area contributed by atoms with Gasteiger partial charge in [-0.05, 0) is 36.2 Å². The molecule has 2 aromatic rings. The smallest absolute Gasteiger partial charge is 0.0675 e. The Balaban J connectivity index is 2.03. The second kappa shape index (κ2) is 4.75. The summed E-state index contributed by atoms with van der Waals surface area (Å²) in [5, 5.41) is 0. The van der Waals surface area contributed by atoms with Crippen LogP contribution in [0.1, 0.15) is 0 Å². The van der Waals surface area contributed by atoms with Gasteiger partial charge in [0.2, 0.25) is 0 Å². The Labute approximate surface area is 93.6 Å². The topological polar surface area (TPSA) is 38.0 Å². The zero-order valence-corrected chi connectivity index (χ0v) is 9.00. The Morgan fingerprint density at radius 2 is 1.53 bits per heavy atom. The van der Waals surface area contributed by atoms with Crippen molar-refractivity contribution in [3.63, 3.8) is 0 Å². The number of hydrogen-bond acceptors (Lipinski definition) is 3. The first kappa shape index (κ1) is 9.93. The number of hydrogen-bond donors (Lipinski definition) is 2. The molecule has 2 nitrogen and oxygen atoms in total. The predicted molar refractivity (Wildman–Crippen MR) is 66.8 cm³/mol. The first-order valence-electron chi connectivity index (χ1n) is 4.68. The number of nitrogen functional groups attached to an aromatic ring is 1. The molecule has 76 valence electrons. The van der Waals surface area contributed by atoms with E-state index in [1.807, 2.05) is 42.5 Å². The minimum Gasteiger partial charge on any atom is -0.397 e. The largest absolute Gasteiger partial charge is 0.397 e. The lowest BCUT2D eigenvalue weighted by Gasteiger charge is -2.07. The highest BCUT2D eigenvalue weighted by Gasteiger charge is 1.97. The Morgan fingerprint density at radius 3 is 2.27 bits per heavy atom. The van der Waals surface area contributed by atoms with Crippen molar-refractivity contribution in [2.75, 3.05) is 10.5 Å². The first-order valence-corrected chi connectivity index (χ1v) is 5.50. The van der Waals surface area contributed by atoms with Gasteiger partial charge in [-0.15, -0.1) is 0 Å². The molecule has 2 rings (SSSR count). The van der Waals surface area contributed by atoms with Gasteiger partial charge in [0.05, 0.1) is 11.4 Å². The Kier molecular flexibility index (Phi) is 3.15. The number of anilines is 2. The maximum Gasteiger partial charge on any atom is 0.0675 e. The van der Waals surface area contributed by atoms with Crippen molar-refractivity contribution in [3.05, 3.63) is 54.6 Å². The summed E-state index contributed by atoms with van der Waals surface area (Å²) >= 11 is 1.56. The van der Waals surface area contributed by atoms with Crippen molar-refractivity contribution < 1.29 is 0 Å². The van der Waals surface area contributed by atoms with Crippen LogP contribution < -0.4 is 10.5 Å². The molecule has 2 aromatic carbocycles. The Bertz CT molecular complexity index is 429. The monoisotopic (exact) mass is 216 g/mol. The maximum atomic E-state index is 5.81. The van der Waals surface area contributed by atoms with Crippen LogP contribution in [-0.4, -0.2) is 0 Å². The molecular weight excluding hydrogens is 204 g/mol. The molecule has 0 fully saturated rings. The van der Waals surface area contributed by atoms with E-state index in [0.717, 1.165) is 11.4 Å². The molecule has 0 atom stereocenters. The highest BCUT2D eigenvalue weighted by Crippen LogP contribution is 2.24. The highest BCUT2D eigenvalue weighted by molar-refractivity contribution is 8.00. The van der Waals surface area contributed by atoms with Crippen molar-refractivity contribution >= 4 is 23.3 Å². The lowest BCUT2D eigenvalue weighted by molar-refractivity contribution is 1.47. The quantitative estimate of drug-likeness (QED) is 0.610. The van der Waals surface area contributed by atoms with Crippen LogP contribution in [0.3, 0.4) is 0 Å². The third kappa shape index (κ3) is 2.67. The van der Waals surface area contributed by atoms with E-state index < -0.39 is 0 Å². The maximum absolute atomic E-state index is 5.81. The van der Waals surface area contributed by atoms with Crippen LogP contribution >= 0.6 is 11.9 Å². The average Bonchev–Trinajstić information content (AvgIpc) is 2.29. The van der Waals surface area contributed by atoms with E-state index >= 15 is 0 Å². The van der Waals surface area contributed by atoms with Crippen molar-refractivity contribution in [1.29, 1.82) is 0 Å². The molecule has 0 aromatic heterocycles. The summed E-state index contributed by atoms with van der Waals surface area (Å²) in [6.45, 7) is 0. The van der Waals surface area contributed by atoms with Gasteiger partial charge in [-0.1, -0.05) is 30.3 Å². The van der Waals surface area contributed by atoms with E-state index in [1.54, 1.807) is 11.9 Å². The van der Waals surface area contributed by atoms with Crippen molar-refractivity contribution in [1.82, 2.24) is 0 Å². The standard InChI is InChI=1S/C12H12N2S/c13-11-8-4-5-9-12(11)14-15-10-6-2-1-3-7-10/h1-9,14H,13H2. The fourth-order valence-electron chi connectivity index (χ4n) is 1.19. The van der Waals surface area contributed by atoms with Gasteiger partial charge in [0, 0.05) is 4.90 Å². The third-order valence-corrected chi connectivity index (χ3v) is 2.81. The molecule has 0 aliphatic rings. The number of rotatable bonds is 3. The average molecular weight is 216 g/mol. The van der Waals surface area contributed by atoms with Gasteiger partial charge in [0.1, 0.15) is 0 Å². The molecule has 0 saturated heterocycles. The van der Waals surface area contributed by atoms with Gasteiger partial charge < -0.3 is 10.5 Å². The molecule has 0 amide bonds. The molecule has 0 radical (unpaired) electrons. The van der Waals surface area contributed by atoms with Crippen LogP contribution in [-0.2, 0) is 0 Å². The lowest BCUT2D eigenvalue weighted by atomic mass is 10.3. The zero-order chi connectivity index (χ0) is 10.5. The van der Waals surface area contributed by atoms with E-state index in [4.69, 9.17) is 5.73 Å². The molecule has 15 heavy (non-hydrogen) atoms. The molecule has 0 aliphatic carbocycles. The number of nitrogens with two attached hydrogens (primary N) is 1. The molecule has 3 N–H and O–H groups in total. The minimum atomic E-state index is 0.765. The normalized spacial score (nSPS) is 9.87. The molecule has 0 bridgehead atoms. The lowest BCUT2D eigenvalue weighted by Crippen LogP contribution is -1.92. The zero-order valence-electron chi connectivity index (χ0n) is 8.18. The van der Waals surface area contributed by atoms with E-state index in [-0.39, 0.29) is 0 Å². The van der Waals surface area contributed by atoms with Crippen molar-refractivity contribution in [2.24, 2.45) is 0 Å². The fourth-order valence-corrected chi connectivity index (χ4v) is 1.90. The second-order valence-corrected chi connectivity index (χ2v) is 3.98. The second-order valence-electron chi connectivity index (χ2n) is 3.10. The van der Waals surface area contributed by atoms with Crippen LogP contribution in [0.5, 0.6) is 0 Å². The summed E-state index contributed by atoms with van der Waals surface area (Å²) in [6.07, 6.45) is 0. The van der Waals surface area contributed by atoms with Crippen molar-refractivity contribution in [3.8, 4) is 0 Å². The van der Waals surface area contributed by atoms with Crippen LogP contribution in [0, 0.1) is 0 Å². The molecule has 3 heteroatoms. The van der Waals surface area contributed by atoms with Gasteiger partial charge in [0.15, 0.2) is 0 Å². The van der Waals surface area contributed by atoms with E-state index in [0.29, 0.717) is 0 Å². The Morgan fingerprint density at radius 1 is 0.867 bits per heavy atom. The van der Waals surface area contributed by atoms with Crippen LogP contribution in [0.2, 0.25) is 0 Å². The third-order valence-electron chi connectivity index (χ3n) is 1.98. The number of nitrogens with one attached hydrogen (secondary N) is 1. The van der Waals surface area contributed by atoms with Crippen LogP contribution in [0.25, 0.3) is 0 Å². The summed E-state index contributed by atoms with van der Waals surface area (Å²) in [7, 11) is 0. The molecule has 0 spiro atoms. The van der Waals surface area contributed by atoms with Crippen LogP contribution in [0.15, 0.2) is 59.5 Å². The van der Waals surface area contributed by atoms with Gasteiger partial charge >= 0.3 is 0 Å². The summed E-state index contributed by atoms with van der Waals surface area (Å²) in [4.78, 5) is 1.17. The van der Waals surface area contributed by atoms with E-state index in [1.165, 1.54) is 4.90 Å². The number of benzene rings is 2. The first-order chi connectivity index (χ1) is 7.36. The summed E-state index contributed by atoms with van der Waals surface area (Å²) in [5.74, 6) is 0. The van der Waals surface area contributed by atoms with Gasteiger partial charge in [0.25, 0.3) is 0 Å². The summed E-state index contributed by atoms with van der Waals surface area (Å²) < 4.78 is 3.22. The summed E-state index contributed by atoms with van der Waals surface area (Å²) in [5.41, 5.74) is 7.52. The molecule has 0 heterocycles. The molecule has 0 saturated carbocycles. The predicted octanol–water partition coefficient (Wildman–Crippen LogP) is 3.39. The van der Waals surface area contributed by atoms with Gasteiger partial charge in [-0.25, -0.2) is 0 Å². The fraction of sp³-hybridized carbons (Fsp3) is 0. The van der Waals surface area contributed by atoms with E-state index in [2.05, 4.69) is 16.9 Å². The SMILES string of the molecule is Nc1ccccc1NSc1ccccc1. The van der Waals surface area contributed by atoms with Crippen molar-refractivity contribution in [2.45, 2.75) is 4.90 Å². The highest BCUT2D eigenvalue weighted by atomic mass is 32.2. The summed E-state index contributed by atoms with van der Waals surface area (Å²) in [6, 6.07) is 17.9.